The van der Waals surface area contributed by atoms with Gasteiger partial charge in [0, 0.05) is 18.3 Å². The quantitative estimate of drug-likeness (QED) is 0.625. The third kappa shape index (κ3) is 4.80. The van der Waals surface area contributed by atoms with Gasteiger partial charge in [-0.15, -0.1) is 0 Å². The van der Waals surface area contributed by atoms with Crippen LogP contribution in [0.4, 0.5) is 10.2 Å². The summed E-state index contributed by atoms with van der Waals surface area (Å²) in [5.74, 6) is 0.939. The predicted octanol–water partition coefficient (Wildman–Crippen LogP) is 4.00. The van der Waals surface area contributed by atoms with Gasteiger partial charge in [-0.1, -0.05) is 12.1 Å². The number of ether oxygens (including phenoxy) is 1. The molecule has 2 aliphatic rings. The van der Waals surface area contributed by atoms with Gasteiger partial charge in [-0.2, -0.15) is 0 Å². The molecule has 1 saturated carbocycles. The summed E-state index contributed by atoms with van der Waals surface area (Å²) in [6, 6.07) is 4.17. The first-order valence-electron chi connectivity index (χ1n) is 9.24. The summed E-state index contributed by atoms with van der Waals surface area (Å²) in [6.45, 7) is 0.970. The van der Waals surface area contributed by atoms with Gasteiger partial charge in [-0.05, 0) is 68.9 Å². The summed E-state index contributed by atoms with van der Waals surface area (Å²) in [5, 5.41) is 3.33. The van der Waals surface area contributed by atoms with Crippen molar-refractivity contribution < 1.29 is 13.9 Å². The minimum absolute atomic E-state index is 0.309. The number of methoxy groups -OCH3 is 1. The third-order valence-corrected chi connectivity index (χ3v) is 5.36. The number of carbonyl (C=O) groups is 1. The Bertz CT molecular complexity index is 647. The van der Waals surface area contributed by atoms with Crippen molar-refractivity contribution >= 4 is 11.8 Å². The van der Waals surface area contributed by atoms with E-state index in [2.05, 4.69) is 21.1 Å². The molecule has 1 N–H and O–H groups in total. The lowest BCUT2D eigenvalue weighted by atomic mass is 9.94. The number of rotatable bonds is 6. The molecule has 2 heterocycles. The zero-order valence-corrected chi connectivity index (χ0v) is 14.9. The van der Waals surface area contributed by atoms with E-state index in [1.807, 2.05) is 6.07 Å². The zero-order valence-electron chi connectivity index (χ0n) is 14.9. The third-order valence-electron chi connectivity index (χ3n) is 5.36. The predicted molar refractivity (Wildman–Crippen MR) is 96.3 cm³/mol. The van der Waals surface area contributed by atoms with Crippen molar-refractivity contribution in [3.63, 3.8) is 0 Å². The van der Waals surface area contributed by atoms with Gasteiger partial charge >= 0.3 is 5.97 Å². The van der Waals surface area contributed by atoms with Gasteiger partial charge in [0.25, 0.3) is 0 Å². The maximum atomic E-state index is 15.1. The molecular formula is C20H27FN2O2. The maximum Gasteiger partial charge on any atom is 0.330 e. The Hall–Kier alpha value is -1.91. The number of aryl methyl sites for hydroxylation is 2. The molecule has 136 valence electrons. The molecule has 25 heavy (non-hydrogen) atoms. The van der Waals surface area contributed by atoms with E-state index in [9.17, 15) is 4.79 Å². The van der Waals surface area contributed by atoms with Crippen LogP contribution >= 0.6 is 0 Å². The Morgan fingerprint density at radius 2 is 2.40 bits per heavy atom. The summed E-state index contributed by atoms with van der Waals surface area (Å²) in [5.41, 5.74) is 1.14. The number of halogens is 1. The number of fused-ring (bicyclic) bond motifs is 1. The Kier molecular flexibility index (Phi) is 5.71. The van der Waals surface area contributed by atoms with Crippen molar-refractivity contribution in [1.29, 1.82) is 0 Å². The van der Waals surface area contributed by atoms with Crippen molar-refractivity contribution in [3.8, 4) is 0 Å². The highest BCUT2D eigenvalue weighted by Gasteiger charge is 2.38. The van der Waals surface area contributed by atoms with E-state index in [0.717, 1.165) is 43.7 Å². The number of hydrogen-bond donors (Lipinski definition) is 1. The Balaban J connectivity index is 1.49. The molecule has 5 heteroatoms. The SMILES string of the molecule is COC(=O)/C=C/CC1CC[C@](F)(CCc2ccc3c(n2)NCCC3)C1. The van der Waals surface area contributed by atoms with Crippen LogP contribution in [0.5, 0.6) is 0 Å². The fourth-order valence-electron chi connectivity index (χ4n) is 3.90. The van der Waals surface area contributed by atoms with Crippen LogP contribution < -0.4 is 5.32 Å². The second kappa shape index (κ2) is 7.98. The minimum Gasteiger partial charge on any atom is -0.466 e. The lowest BCUT2D eigenvalue weighted by Crippen LogP contribution is -2.20. The van der Waals surface area contributed by atoms with Crippen molar-refractivity contribution in [2.75, 3.05) is 19.0 Å². The number of hydrogen-bond acceptors (Lipinski definition) is 4. The van der Waals surface area contributed by atoms with Crippen LogP contribution in [-0.2, 0) is 22.4 Å². The number of allylic oxidation sites excluding steroid dienone is 1. The van der Waals surface area contributed by atoms with Crippen molar-refractivity contribution in [3.05, 3.63) is 35.5 Å². The molecule has 1 fully saturated rings. The summed E-state index contributed by atoms with van der Waals surface area (Å²) in [4.78, 5) is 15.7. The van der Waals surface area contributed by atoms with Gasteiger partial charge in [-0.3, -0.25) is 0 Å². The summed E-state index contributed by atoms with van der Waals surface area (Å²) >= 11 is 0. The Labute approximate surface area is 148 Å². The summed E-state index contributed by atoms with van der Waals surface area (Å²) in [7, 11) is 1.36. The van der Waals surface area contributed by atoms with Gasteiger partial charge < -0.3 is 10.1 Å². The van der Waals surface area contributed by atoms with Crippen LogP contribution in [0.25, 0.3) is 0 Å². The minimum atomic E-state index is -1.10. The molecule has 2 atom stereocenters. The molecule has 1 unspecified atom stereocenters. The molecule has 0 saturated heterocycles. The monoisotopic (exact) mass is 346 g/mol. The maximum absolute atomic E-state index is 15.1. The van der Waals surface area contributed by atoms with Gasteiger partial charge in [0.2, 0.25) is 0 Å². The van der Waals surface area contributed by atoms with Crippen LogP contribution in [0.15, 0.2) is 24.3 Å². The molecule has 1 aliphatic heterocycles. The van der Waals surface area contributed by atoms with Crippen LogP contribution in [0.1, 0.15) is 49.8 Å². The van der Waals surface area contributed by atoms with E-state index < -0.39 is 5.67 Å². The van der Waals surface area contributed by atoms with Crippen LogP contribution in [-0.4, -0.2) is 30.3 Å². The fourth-order valence-corrected chi connectivity index (χ4v) is 3.90. The molecule has 0 aromatic carbocycles. The smallest absolute Gasteiger partial charge is 0.330 e. The van der Waals surface area contributed by atoms with Gasteiger partial charge in [0.05, 0.1) is 7.11 Å². The largest absolute Gasteiger partial charge is 0.466 e. The average molecular weight is 346 g/mol. The number of aromatic nitrogens is 1. The summed E-state index contributed by atoms with van der Waals surface area (Å²) < 4.78 is 19.7. The summed E-state index contributed by atoms with van der Waals surface area (Å²) in [6.07, 6.45) is 9.45. The number of esters is 1. The number of anilines is 1. The molecular weight excluding hydrogens is 319 g/mol. The molecule has 1 aromatic rings. The molecule has 0 bridgehead atoms. The van der Waals surface area contributed by atoms with Gasteiger partial charge in [-0.25, -0.2) is 14.2 Å². The normalized spacial score (nSPS) is 25.6. The second-order valence-corrected chi connectivity index (χ2v) is 7.26. The molecule has 4 nitrogen and oxygen atoms in total. The molecule has 0 amide bonds. The number of nitrogens with one attached hydrogen (secondary N) is 1. The van der Waals surface area contributed by atoms with E-state index in [1.165, 1.54) is 18.7 Å². The zero-order chi connectivity index (χ0) is 17.7. The Morgan fingerprint density at radius 3 is 3.24 bits per heavy atom. The van der Waals surface area contributed by atoms with Crippen molar-refractivity contribution in [2.45, 2.75) is 57.0 Å². The highest BCUT2D eigenvalue weighted by atomic mass is 19.1. The lowest BCUT2D eigenvalue weighted by Gasteiger charge is -2.21. The molecule has 3 rings (SSSR count). The van der Waals surface area contributed by atoms with Crippen LogP contribution in [0, 0.1) is 5.92 Å². The number of pyridine rings is 1. The molecule has 0 spiro atoms. The van der Waals surface area contributed by atoms with E-state index in [0.29, 0.717) is 31.6 Å². The highest BCUT2D eigenvalue weighted by Crippen LogP contribution is 2.42. The topological polar surface area (TPSA) is 51.2 Å². The highest BCUT2D eigenvalue weighted by molar-refractivity contribution is 5.81. The van der Waals surface area contributed by atoms with Gasteiger partial charge in [0.1, 0.15) is 11.5 Å². The number of nitrogens with zero attached hydrogens (tertiary/aromatic N) is 1. The first-order valence-corrected chi connectivity index (χ1v) is 9.24. The lowest BCUT2D eigenvalue weighted by molar-refractivity contribution is -0.134. The molecule has 1 aromatic heterocycles. The molecule has 1 aliphatic carbocycles. The second-order valence-electron chi connectivity index (χ2n) is 7.26. The average Bonchev–Trinajstić information content (AvgIpc) is 3.01. The van der Waals surface area contributed by atoms with Crippen molar-refractivity contribution in [2.24, 2.45) is 5.92 Å². The van der Waals surface area contributed by atoms with E-state index in [4.69, 9.17) is 0 Å². The number of alkyl halides is 1. The van der Waals surface area contributed by atoms with E-state index in [-0.39, 0.29) is 5.97 Å². The van der Waals surface area contributed by atoms with E-state index >= 15 is 4.39 Å². The number of carbonyl (C=O) groups excluding carboxylic acids is 1. The van der Waals surface area contributed by atoms with E-state index in [1.54, 1.807) is 6.08 Å². The standard InChI is InChI=1S/C20H27FN2O2/c1-25-18(24)6-2-4-15-9-11-20(21,14-15)12-10-17-8-7-16-5-3-13-22-19(16)23-17/h2,6-8,15H,3-5,9-14H2,1H3,(H,22,23)/b6-2+/t15?,20-/m0/s1. The van der Waals surface area contributed by atoms with Crippen molar-refractivity contribution in [1.82, 2.24) is 4.98 Å². The molecule has 0 radical (unpaired) electrons. The van der Waals surface area contributed by atoms with Crippen LogP contribution in [0.2, 0.25) is 0 Å². The van der Waals surface area contributed by atoms with Gasteiger partial charge in [0.15, 0.2) is 0 Å². The first kappa shape index (κ1) is 17.9. The first-order chi connectivity index (χ1) is 12.1. The Morgan fingerprint density at radius 1 is 1.52 bits per heavy atom. The van der Waals surface area contributed by atoms with Crippen LogP contribution in [0.3, 0.4) is 0 Å². The fraction of sp³-hybridized carbons (Fsp3) is 0.600.